The van der Waals surface area contributed by atoms with E-state index in [9.17, 15) is 9.90 Å². The highest BCUT2D eigenvalue weighted by Crippen LogP contribution is 2.18. The summed E-state index contributed by atoms with van der Waals surface area (Å²) in [4.78, 5) is 14.0. The second kappa shape index (κ2) is 8.16. The zero-order valence-corrected chi connectivity index (χ0v) is 14.3. The summed E-state index contributed by atoms with van der Waals surface area (Å²) in [6.07, 6.45) is -0.626. The fourth-order valence-corrected chi connectivity index (χ4v) is 2.58. The van der Waals surface area contributed by atoms with Gasteiger partial charge in [0.15, 0.2) is 0 Å². The first-order valence-corrected chi connectivity index (χ1v) is 8.37. The molecule has 1 unspecified atom stereocenters. The number of hydrogen-bond donors (Lipinski definition) is 3. The molecule has 1 heterocycles. The Morgan fingerprint density at radius 3 is 2.72 bits per heavy atom. The number of aliphatic hydroxyl groups is 1. The lowest BCUT2D eigenvalue weighted by molar-refractivity contribution is 0.106. The number of H-pyrrole nitrogens is 1. The van der Waals surface area contributed by atoms with Crippen molar-refractivity contribution >= 4 is 22.5 Å². The molecule has 0 aliphatic heterocycles. The summed E-state index contributed by atoms with van der Waals surface area (Å²) in [5.41, 5.74) is 1.72. The van der Waals surface area contributed by atoms with Gasteiger partial charge in [-0.15, -0.1) is 0 Å². The number of benzene rings is 2. The first-order chi connectivity index (χ1) is 12.1. The minimum absolute atomic E-state index is 0.136. The normalized spacial score (nSPS) is 12.2. The van der Waals surface area contributed by atoms with E-state index in [-0.39, 0.29) is 12.2 Å². The molecule has 3 N–H and O–H groups in total. The summed E-state index contributed by atoms with van der Waals surface area (Å²) in [6.45, 7) is 1.25. The largest absolute Gasteiger partial charge is 0.491 e. The van der Waals surface area contributed by atoms with Crippen LogP contribution in [0.1, 0.15) is 5.56 Å². The van der Waals surface area contributed by atoms with Gasteiger partial charge in [-0.05, 0) is 42.0 Å². The molecule has 0 radical (unpaired) electrons. The van der Waals surface area contributed by atoms with Gasteiger partial charge in [-0.1, -0.05) is 23.7 Å². The van der Waals surface area contributed by atoms with Gasteiger partial charge in [0.2, 0.25) is 5.56 Å². The second-order valence-corrected chi connectivity index (χ2v) is 6.23. The monoisotopic (exact) mass is 358 g/mol. The molecule has 0 saturated heterocycles. The number of aromatic nitrogens is 1. The Balaban J connectivity index is 1.47. The minimum Gasteiger partial charge on any atom is -0.491 e. The maximum absolute atomic E-state index is 11.3. The van der Waals surface area contributed by atoms with Crippen LogP contribution >= 0.6 is 11.6 Å². The fourth-order valence-electron chi connectivity index (χ4n) is 2.46. The first-order valence-electron chi connectivity index (χ1n) is 7.99. The van der Waals surface area contributed by atoms with Gasteiger partial charge in [-0.3, -0.25) is 4.79 Å². The highest BCUT2D eigenvalue weighted by molar-refractivity contribution is 6.30. The molecule has 3 aromatic rings. The van der Waals surface area contributed by atoms with E-state index in [0.29, 0.717) is 23.9 Å². The van der Waals surface area contributed by atoms with Crippen LogP contribution in [0.15, 0.2) is 59.4 Å². The Morgan fingerprint density at radius 2 is 1.92 bits per heavy atom. The molecule has 1 aromatic heterocycles. The van der Waals surface area contributed by atoms with Crippen LogP contribution in [0.2, 0.25) is 5.02 Å². The number of fused-ring (bicyclic) bond motifs is 1. The third-order valence-corrected chi connectivity index (χ3v) is 4.01. The number of halogens is 1. The topological polar surface area (TPSA) is 74.3 Å². The van der Waals surface area contributed by atoms with Gasteiger partial charge in [0.25, 0.3) is 0 Å². The highest BCUT2D eigenvalue weighted by atomic mass is 35.5. The van der Waals surface area contributed by atoms with Crippen molar-refractivity contribution in [3.05, 3.63) is 75.5 Å². The lowest BCUT2D eigenvalue weighted by Crippen LogP contribution is -2.31. The van der Waals surface area contributed by atoms with Gasteiger partial charge in [0.1, 0.15) is 18.5 Å². The molecule has 0 amide bonds. The van der Waals surface area contributed by atoms with E-state index in [1.165, 1.54) is 6.07 Å². The molecule has 0 saturated carbocycles. The highest BCUT2D eigenvalue weighted by Gasteiger charge is 2.06. The molecule has 0 aliphatic carbocycles. The van der Waals surface area contributed by atoms with Crippen molar-refractivity contribution < 1.29 is 9.84 Å². The molecule has 0 spiro atoms. The van der Waals surface area contributed by atoms with Crippen LogP contribution in [0.3, 0.4) is 0 Å². The molecular formula is C19H19ClN2O3. The van der Waals surface area contributed by atoms with Crippen molar-refractivity contribution in [2.75, 3.05) is 13.2 Å². The van der Waals surface area contributed by atoms with E-state index in [2.05, 4.69) is 10.3 Å². The van der Waals surface area contributed by atoms with Gasteiger partial charge in [-0.2, -0.15) is 0 Å². The average molecular weight is 359 g/mol. The standard InChI is InChI=1S/C19H19ClN2O3/c20-15-4-1-13(2-5-15)10-21-11-16(23)12-25-17-6-7-18-14(9-17)3-8-19(24)22-18/h1-9,16,21,23H,10-12H2,(H,22,24). The number of aliphatic hydroxyl groups excluding tert-OH is 1. The molecule has 5 nitrogen and oxygen atoms in total. The summed E-state index contributed by atoms with van der Waals surface area (Å²) in [5.74, 6) is 0.649. The molecular weight excluding hydrogens is 340 g/mol. The molecule has 0 fully saturated rings. The van der Waals surface area contributed by atoms with E-state index in [4.69, 9.17) is 16.3 Å². The van der Waals surface area contributed by atoms with E-state index in [1.807, 2.05) is 30.3 Å². The Bertz CT molecular complexity index is 893. The van der Waals surface area contributed by atoms with Gasteiger partial charge >= 0.3 is 0 Å². The third kappa shape index (κ3) is 5.06. The van der Waals surface area contributed by atoms with E-state index >= 15 is 0 Å². The molecule has 1 atom stereocenters. The molecule has 0 aliphatic rings. The zero-order chi connectivity index (χ0) is 17.6. The maximum atomic E-state index is 11.3. The number of aromatic amines is 1. The Labute approximate surface area is 150 Å². The zero-order valence-electron chi connectivity index (χ0n) is 13.5. The number of rotatable bonds is 7. The number of nitrogens with one attached hydrogen (secondary N) is 2. The lowest BCUT2D eigenvalue weighted by atomic mass is 10.2. The van der Waals surface area contributed by atoms with E-state index in [0.717, 1.165) is 16.5 Å². The quantitative estimate of drug-likeness (QED) is 0.607. The molecule has 2 aromatic carbocycles. The molecule has 3 rings (SSSR count). The predicted octanol–water partition coefficient (Wildman–Crippen LogP) is 2.71. The smallest absolute Gasteiger partial charge is 0.248 e. The third-order valence-electron chi connectivity index (χ3n) is 3.76. The summed E-state index contributed by atoms with van der Waals surface area (Å²) >= 11 is 5.85. The number of pyridine rings is 1. The molecule has 130 valence electrons. The average Bonchev–Trinajstić information content (AvgIpc) is 2.61. The number of hydrogen-bond acceptors (Lipinski definition) is 4. The maximum Gasteiger partial charge on any atom is 0.248 e. The SMILES string of the molecule is O=c1ccc2cc(OCC(O)CNCc3ccc(Cl)cc3)ccc2[nH]1. The first kappa shape index (κ1) is 17.5. The van der Waals surface area contributed by atoms with Crippen molar-refractivity contribution in [2.24, 2.45) is 0 Å². The van der Waals surface area contributed by atoms with E-state index in [1.54, 1.807) is 18.2 Å². The van der Waals surface area contributed by atoms with Crippen LogP contribution < -0.4 is 15.6 Å². The molecule has 6 heteroatoms. The van der Waals surface area contributed by atoms with Gasteiger partial charge in [-0.25, -0.2) is 0 Å². The molecule has 25 heavy (non-hydrogen) atoms. The van der Waals surface area contributed by atoms with Crippen LogP contribution in [-0.2, 0) is 6.54 Å². The Hall–Kier alpha value is -2.34. The van der Waals surface area contributed by atoms with Crippen LogP contribution in [0.25, 0.3) is 10.9 Å². The van der Waals surface area contributed by atoms with Crippen molar-refractivity contribution in [3.63, 3.8) is 0 Å². The van der Waals surface area contributed by atoms with Crippen molar-refractivity contribution in [1.82, 2.24) is 10.3 Å². The van der Waals surface area contributed by atoms with Gasteiger partial charge in [0, 0.05) is 35.1 Å². The van der Waals surface area contributed by atoms with Crippen LogP contribution in [0.4, 0.5) is 0 Å². The Kier molecular flexibility index (Phi) is 5.71. The summed E-state index contributed by atoms with van der Waals surface area (Å²) in [7, 11) is 0. The van der Waals surface area contributed by atoms with Crippen molar-refractivity contribution in [1.29, 1.82) is 0 Å². The fraction of sp³-hybridized carbons (Fsp3) is 0.211. The van der Waals surface area contributed by atoms with Crippen molar-refractivity contribution in [3.8, 4) is 5.75 Å². The molecule has 0 bridgehead atoms. The van der Waals surface area contributed by atoms with Gasteiger partial charge < -0.3 is 20.1 Å². The van der Waals surface area contributed by atoms with Crippen LogP contribution in [-0.4, -0.2) is 29.3 Å². The van der Waals surface area contributed by atoms with Gasteiger partial charge in [0.05, 0.1) is 0 Å². The van der Waals surface area contributed by atoms with Crippen LogP contribution in [0, 0.1) is 0 Å². The predicted molar refractivity (Wildman–Crippen MR) is 99.2 cm³/mol. The Morgan fingerprint density at radius 1 is 1.12 bits per heavy atom. The summed E-state index contributed by atoms with van der Waals surface area (Å²) < 4.78 is 5.63. The summed E-state index contributed by atoms with van der Waals surface area (Å²) in [6, 6.07) is 16.2. The lowest BCUT2D eigenvalue weighted by Gasteiger charge is -2.14. The van der Waals surface area contributed by atoms with E-state index < -0.39 is 6.10 Å². The summed E-state index contributed by atoms with van der Waals surface area (Å²) in [5, 5.41) is 14.8. The second-order valence-electron chi connectivity index (χ2n) is 5.79. The van der Waals surface area contributed by atoms with Crippen LogP contribution in [0.5, 0.6) is 5.75 Å². The number of ether oxygens (including phenoxy) is 1. The minimum atomic E-state index is -0.626. The van der Waals surface area contributed by atoms with Crippen molar-refractivity contribution in [2.45, 2.75) is 12.6 Å².